The fourth-order valence-electron chi connectivity index (χ4n) is 4.03. The van der Waals surface area contributed by atoms with Crippen LogP contribution in [0.5, 0.6) is 23.0 Å². The highest BCUT2D eigenvalue weighted by molar-refractivity contribution is 5.95. The van der Waals surface area contributed by atoms with Gasteiger partial charge < -0.3 is 39.4 Å². The number of hydrogen-bond acceptors (Lipinski definition) is 10. The number of amides is 2. The Labute approximate surface area is 239 Å². The summed E-state index contributed by atoms with van der Waals surface area (Å²) in [6.45, 7) is 6.36. The van der Waals surface area contributed by atoms with Crippen LogP contribution in [-0.2, 0) is 9.53 Å². The van der Waals surface area contributed by atoms with Crippen molar-refractivity contribution in [2.45, 2.75) is 45.9 Å². The summed E-state index contributed by atoms with van der Waals surface area (Å²) in [5.41, 5.74) is 4.63. The highest BCUT2D eigenvalue weighted by Crippen LogP contribution is 2.35. The van der Waals surface area contributed by atoms with Crippen molar-refractivity contribution in [3.63, 3.8) is 0 Å². The van der Waals surface area contributed by atoms with Crippen molar-refractivity contribution >= 4 is 18.2 Å². The van der Waals surface area contributed by atoms with E-state index >= 15 is 0 Å². The molecule has 0 aromatic heterocycles. The monoisotopic (exact) mass is 570 g/mol. The fourth-order valence-corrected chi connectivity index (χ4v) is 4.03. The first-order chi connectivity index (χ1) is 19.8. The van der Waals surface area contributed by atoms with E-state index in [9.17, 15) is 14.7 Å². The SMILES string of the molecule is CCCCOc1ccc(/C=N\N[C@@H](O)COc2ccc([C@H]3NC(=O)NC(C)=C3C(=O)OC)cc2OCC)cc1OC. The molecule has 2 aromatic rings. The van der Waals surface area contributed by atoms with Gasteiger partial charge in [-0.25, -0.2) is 9.59 Å². The number of hydrazone groups is 1. The summed E-state index contributed by atoms with van der Waals surface area (Å²) in [5, 5.41) is 19.8. The van der Waals surface area contributed by atoms with Crippen LogP contribution < -0.4 is 35.0 Å². The number of allylic oxidation sites excluding steroid dienone is 1. The summed E-state index contributed by atoms with van der Waals surface area (Å²) in [4.78, 5) is 24.5. The Balaban J connectivity index is 1.65. The van der Waals surface area contributed by atoms with Gasteiger partial charge in [0.15, 0.2) is 29.2 Å². The third-order valence-electron chi connectivity index (χ3n) is 6.05. The van der Waals surface area contributed by atoms with E-state index in [0.717, 1.165) is 18.4 Å². The predicted octanol–water partition coefficient (Wildman–Crippen LogP) is 3.39. The molecular formula is C29H38N4O8. The van der Waals surface area contributed by atoms with Crippen LogP contribution >= 0.6 is 0 Å². The average Bonchev–Trinajstić information content (AvgIpc) is 2.96. The van der Waals surface area contributed by atoms with E-state index in [2.05, 4.69) is 28.1 Å². The van der Waals surface area contributed by atoms with Crippen molar-refractivity contribution < 1.29 is 38.4 Å². The van der Waals surface area contributed by atoms with E-state index in [-0.39, 0.29) is 12.2 Å². The molecule has 41 heavy (non-hydrogen) atoms. The lowest BCUT2D eigenvalue weighted by Gasteiger charge is -2.28. The Hall–Kier alpha value is -4.45. The van der Waals surface area contributed by atoms with Gasteiger partial charge in [-0.3, -0.25) is 5.43 Å². The number of carbonyl (C=O) groups is 2. The van der Waals surface area contributed by atoms with Gasteiger partial charge >= 0.3 is 12.0 Å². The second-order valence-corrected chi connectivity index (χ2v) is 9.03. The number of nitrogens with one attached hydrogen (secondary N) is 3. The number of methoxy groups -OCH3 is 2. The second kappa shape index (κ2) is 15.4. The van der Waals surface area contributed by atoms with Gasteiger partial charge in [0.2, 0.25) is 0 Å². The zero-order valence-electron chi connectivity index (χ0n) is 24.0. The molecule has 0 saturated heterocycles. The summed E-state index contributed by atoms with van der Waals surface area (Å²) in [6.07, 6.45) is 2.41. The maximum atomic E-state index is 12.4. The van der Waals surface area contributed by atoms with Crippen molar-refractivity contribution in [1.82, 2.24) is 16.1 Å². The molecule has 12 heteroatoms. The normalized spacial score (nSPS) is 15.6. The van der Waals surface area contributed by atoms with Gasteiger partial charge in [-0.05, 0) is 61.7 Å². The molecule has 1 heterocycles. The summed E-state index contributed by atoms with van der Waals surface area (Å²) >= 11 is 0. The number of ether oxygens (including phenoxy) is 5. The lowest BCUT2D eigenvalue weighted by atomic mass is 9.95. The number of carbonyl (C=O) groups excluding carboxylic acids is 2. The van der Waals surface area contributed by atoms with E-state index in [0.29, 0.717) is 47.5 Å². The van der Waals surface area contributed by atoms with Crippen LogP contribution in [0.3, 0.4) is 0 Å². The summed E-state index contributed by atoms with van der Waals surface area (Å²) < 4.78 is 27.6. The van der Waals surface area contributed by atoms with Crippen molar-refractivity contribution in [3.8, 4) is 23.0 Å². The number of benzene rings is 2. The van der Waals surface area contributed by atoms with Crippen LogP contribution in [0.1, 0.15) is 50.8 Å². The minimum atomic E-state index is -1.13. The average molecular weight is 571 g/mol. The van der Waals surface area contributed by atoms with Crippen LogP contribution in [0.4, 0.5) is 4.79 Å². The Bertz CT molecular complexity index is 1260. The van der Waals surface area contributed by atoms with Crippen LogP contribution in [-0.4, -0.2) is 63.6 Å². The minimum absolute atomic E-state index is 0.138. The van der Waals surface area contributed by atoms with Crippen molar-refractivity contribution in [2.75, 3.05) is 34.0 Å². The molecule has 0 unspecified atom stereocenters. The third-order valence-corrected chi connectivity index (χ3v) is 6.05. The van der Waals surface area contributed by atoms with Crippen molar-refractivity contribution in [1.29, 1.82) is 0 Å². The van der Waals surface area contributed by atoms with E-state index in [1.165, 1.54) is 7.11 Å². The fraction of sp³-hybridized carbons (Fsp3) is 0.414. The van der Waals surface area contributed by atoms with Gasteiger partial charge in [0.1, 0.15) is 6.61 Å². The number of hydrogen-bond donors (Lipinski definition) is 4. The molecule has 0 saturated carbocycles. The van der Waals surface area contributed by atoms with E-state index in [1.807, 2.05) is 19.1 Å². The van der Waals surface area contributed by atoms with Gasteiger partial charge in [-0.2, -0.15) is 5.10 Å². The number of aliphatic hydroxyl groups is 1. The molecule has 0 spiro atoms. The first-order valence-corrected chi connectivity index (χ1v) is 13.3. The quantitative estimate of drug-likeness (QED) is 0.0831. The molecule has 0 radical (unpaired) electrons. The summed E-state index contributed by atoms with van der Waals surface area (Å²) in [7, 11) is 2.85. The van der Waals surface area contributed by atoms with E-state index in [1.54, 1.807) is 44.5 Å². The van der Waals surface area contributed by atoms with Crippen LogP contribution in [0.15, 0.2) is 52.8 Å². The Kier molecular flexibility index (Phi) is 11.6. The molecule has 2 aromatic carbocycles. The van der Waals surface area contributed by atoms with Crippen molar-refractivity contribution in [2.24, 2.45) is 5.10 Å². The lowest BCUT2D eigenvalue weighted by Crippen LogP contribution is -2.45. The second-order valence-electron chi connectivity index (χ2n) is 9.03. The highest BCUT2D eigenvalue weighted by atomic mass is 16.5. The maximum absolute atomic E-state index is 12.4. The van der Waals surface area contributed by atoms with Gasteiger partial charge in [-0.15, -0.1) is 0 Å². The molecule has 2 amide bonds. The lowest BCUT2D eigenvalue weighted by molar-refractivity contribution is -0.136. The molecule has 0 fully saturated rings. The smallest absolute Gasteiger partial charge is 0.337 e. The third kappa shape index (κ3) is 8.52. The molecule has 12 nitrogen and oxygen atoms in total. The first-order valence-electron chi connectivity index (χ1n) is 13.3. The molecular weight excluding hydrogens is 532 g/mol. The molecule has 0 bridgehead atoms. The molecule has 1 aliphatic heterocycles. The first kappa shape index (κ1) is 31.1. The van der Waals surface area contributed by atoms with Gasteiger partial charge in [0.05, 0.1) is 45.3 Å². The van der Waals surface area contributed by atoms with Gasteiger partial charge in [0, 0.05) is 5.70 Å². The Morgan fingerprint density at radius 2 is 1.83 bits per heavy atom. The molecule has 1 aliphatic rings. The Morgan fingerprint density at radius 1 is 1.07 bits per heavy atom. The van der Waals surface area contributed by atoms with Crippen LogP contribution in [0, 0.1) is 0 Å². The van der Waals surface area contributed by atoms with Gasteiger partial charge in [0.25, 0.3) is 0 Å². The molecule has 222 valence electrons. The zero-order valence-corrected chi connectivity index (χ0v) is 24.0. The largest absolute Gasteiger partial charge is 0.493 e. The van der Waals surface area contributed by atoms with Gasteiger partial charge in [-0.1, -0.05) is 19.4 Å². The maximum Gasteiger partial charge on any atom is 0.337 e. The predicted molar refractivity (Wildman–Crippen MR) is 152 cm³/mol. The number of nitrogens with zero attached hydrogens (tertiary/aromatic N) is 1. The molecule has 0 aliphatic carbocycles. The number of aliphatic hydroxyl groups excluding tert-OH is 1. The Morgan fingerprint density at radius 3 is 2.54 bits per heavy atom. The molecule has 4 N–H and O–H groups in total. The van der Waals surface area contributed by atoms with E-state index < -0.39 is 24.3 Å². The topological polar surface area (TPSA) is 149 Å². The summed E-state index contributed by atoms with van der Waals surface area (Å²) in [5.74, 6) is 1.43. The molecule has 2 atom stereocenters. The number of urea groups is 1. The van der Waals surface area contributed by atoms with Crippen molar-refractivity contribution in [3.05, 3.63) is 58.8 Å². The van der Waals surface area contributed by atoms with E-state index in [4.69, 9.17) is 23.7 Å². The summed E-state index contributed by atoms with van der Waals surface area (Å²) in [6, 6.07) is 9.26. The molecule has 3 rings (SSSR count). The number of rotatable bonds is 15. The number of unbranched alkanes of at least 4 members (excludes halogenated alkanes) is 1. The minimum Gasteiger partial charge on any atom is -0.493 e. The standard InChI is InChI=1S/C29H38N4O8/c1-6-8-13-40-21-11-9-19(14-23(21)37-4)16-30-33-25(34)17-41-22-12-10-20(15-24(22)39-7-2)27-26(28(35)38-5)18(3)31-29(36)32-27/h9-12,14-16,25,27,33-34H,6-8,13,17H2,1-5H3,(H2,31,32,36)/b30-16-/t25-,27+/m0/s1. The highest BCUT2D eigenvalue weighted by Gasteiger charge is 2.32. The number of esters is 1. The zero-order chi connectivity index (χ0) is 29.8. The van der Waals surface area contributed by atoms with Crippen LogP contribution in [0.2, 0.25) is 0 Å². The van der Waals surface area contributed by atoms with Crippen LogP contribution in [0.25, 0.3) is 0 Å².